The standard InChI is InChI=1S/C5H9Br2NO2/c1-10-8-5(9)4(7)2-3-6/h4H,2-3H2,1H3,(H,8,9). The number of amides is 1. The minimum atomic E-state index is -0.174. The van der Waals surface area contributed by atoms with Crippen molar-refractivity contribution in [3.8, 4) is 0 Å². The van der Waals surface area contributed by atoms with Gasteiger partial charge in [0, 0.05) is 5.33 Å². The third kappa shape index (κ3) is 4.24. The topological polar surface area (TPSA) is 38.3 Å². The van der Waals surface area contributed by atoms with Gasteiger partial charge in [-0.05, 0) is 6.42 Å². The van der Waals surface area contributed by atoms with Gasteiger partial charge < -0.3 is 0 Å². The monoisotopic (exact) mass is 273 g/mol. The molecule has 0 aromatic carbocycles. The largest absolute Gasteiger partial charge is 0.277 e. The lowest BCUT2D eigenvalue weighted by molar-refractivity contribution is -0.130. The average Bonchev–Trinajstić information content (AvgIpc) is 1.89. The van der Waals surface area contributed by atoms with E-state index in [1.54, 1.807) is 0 Å². The van der Waals surface area contributed by atoms with Gasteiger partial charge in [-0.25, -0.2) is 5.48 Å². The van der Waals surface area contributed by atoms with Gasteiger partial charge in [0.05, 0.1) is 11.9 Å². The van der Waals surface area contributed by atoms with E-state index in [1.807, 2.05) is 0 Å². The Kier molecular flexibility index (Phi) is 6.36. The second-order valence-corrected chi connectivity index (χ2v) is 3.51. The van der Waals surface area contributed by atoms with Crippen LogP contribution in [0.2, 0.25) is 0 Å². The third-order valence-corrected chi connectivity index (χ3v) is 2.18. The molecular weight excluding hydrogens is 266 g/mol. The molecule has 0 spiro atoms. The normalized spacial score (nSPS) is 12.7. The van der Waals surface area contributed by atoms with Crippen molar-refractivity contribution in [1.29, 1.82) is 0 Å². The summed E-state index contributed by atoms with van der Waals surface area (Å²) in [5.41, 5.74) is 2.22. The molecule has 1 atom stereocenters. The van der Waals surface area contributed by atoms with Crippen molar-refractivity contribution in [1.82, 2.24) is 5.48 Å². The van der Waals surface area contributed by atoms with Crippen LogP contribution < -0.4 is 5.48 Å². The SMILES string of the molecule is CONC(=O)C(Br)CCBr. The molecule has 1 amide bonds. The summed E-state index contributed by atoms with van der Waals surface area (Å²) >= 11 is 6.40. The number of carbonyl (C=O) groups is 1. The van der Waals surface area contributed by atoms with Crippen LogP contribution in [-0.2, 0) is 9.63 Å². The van der Waals surface area contributed by atoms with Gasteiger partial charge in [-0.15, -0.1) is 0 Å². The van der Waals surface area contributed by atoms with Gasteiger partial charge >= 0.3 is 0 Å². The highest BCUT2D eigenvalue weighted by Crippen LogP contribution is 2.06. The zero-order valence-corrected chi connectivity index (χ0v) is 8.74. The Hall–Kier alpha value is 0.390. The van der Waals surface area contributed by atoms with Gasteiger partial charge in [-0.1, -0.05) is 31.9 Å². The molecule has 5 heteroatoms. The molecule has 0 bridgehead atoms. The van der Waals surface area contributed by atoms with E-state index < -0.39 is 0 Å². The minimum Gasteiger partial charge on any atom is -0.277 e. The number of hydrogen-bond acceptors (Lipinski definition) is 2. The van der Waals surface area contributed by atoms with Crippen molar-refractivity contribution in [3.63, 3.8) is 0 Å². The van der Waals surface area contributed by atoms with Gasteiger partial charge in [0.15, 0.2) is 0 Å². The van der Waals surface area contributed by atoms with Crippen molar-refractivity contribution in [2.75, 3.05) is 12.4 Å². The van der Waals surface area contributed by atoms with E-state index >= 15 is 0 Å². The Balaban J connectivity index is 3.49. The molecule has 0 radical (unpaired) electrons. The molecule has 0 fully saturated rings. The zero-order chi connectivity index (χ0) is 7.98. The third-order valence-electron chi connectivity index (χ3n) is 0.850. The van der Waals surface area contributed by atoms with Crippen LogP contribution in [0.15, 0.2) is 0 Å². The predicted molar refractivity (Wildman–Crippen MR) is 46.3 cm³/mol. The second kappa shape index (κ2) is 6.12. The van der Waals surface area contributed by atoms with Gasteiger partial charge in [0.25, 0.3) is 5.91 Å². The van der Waals surface area contributed by atoms with Gasteiger partial charge in [0.2, 0.25) is 0 Å². The van der Waals surface area contributed by atoms with E-state index in [9.17, 15) is 4.79 Å². The van der Waals surface area contributed by atoms with Gasteiger partial charge in [0.1, 0.15) is 0 Å². The molecule has 60 valence electrons. The van der Waals surface area contributed by atoms with E-state index in [0.717, 1.165) is 11.8 Å². The molecule has 10 heavy (non-hydrogen) atoms. The zero-order valence-electron chi connectivity index (χ0n) is 5.56. The van der Waals surface area contributed by atoms with Crippen LogP contribution in [-0.4, -0.2) is 23.2 Å². The molecule has 1 unspecified atom stereocenters. The molecular formula is C5H9Br2NO2. The molecule has 0 saturated carbocycles. The predicted octanol–water partition coefficient (Wildman–Crippen LogP) is 1.21. The first-order valence-corrected chi connectivity index (χ1v) is 4.79. The first-order valence-electron chi connectivity index (χ1n) is 2.75. The number of rotatable bonds is 4. The highest BCUT2D eigenvalue weighted by atomic mass is 79.9. The molecule has 0 aliphatic heterocycles. The molecule has 0 aromatic rings. The summed E-state index contributed by atoms with van der Waals surface area (Å²) < 4.78 is 0. The number of carbonyl (C=O) groups excluding carboxylic acids is 1. The Morgan fingerprint density at radius 3 is 2.80 bits per heavy atom. The average molecular weight is 275 g/mol. The smallest absolute Gasteiger partial charge is 0.257 e. The Bertz CT molecular complexity index is 110. The van der Waals surface area contributed by atoms with E-state index in [4.69, 9.17) is 0 Å². The molecule has 1 N–H and O–H groups in total. The quantitative estimate of drug-likeness (QED) is 0.618. The van der Waals surface area contributed by atoms with Crippen molar-refractivity contribution in [2.24, 2.45) is 0 Å². The van der Waals surface area contributed by atoms with Crippen LogP contribution in [0.3, 0.4) is 0 Å². The minimum absolute atomic E-state index is 0.151. The van der Waals surface area contributed by atoms with E-state index in [1.165, 1.54) is 7.11 Å². The Morgan fingerprint density at radius 2 is 2.40 bits per heavy atom. The molecule has 0 aliphatic carbocycles. The summed E-state index contributed by atoms with van der Waals surface area (Å²) in [6, 6.07) is 0. The van der Waals surface area contributed by atoms with Crippen LogP contribution in [0.25, 0.3) is 0 Å². The van der Waals surface area contributed by atoms with E-state index in [-0.39, 0.29) is 10.7 Å². The highest BCUT2D eigenvalue weighted by Gasteiger charge is 2.12. The van der Waals surface area contributed by atoms with Crippen LogP contribution in [0.5, 0.6) is 0 Å². The van der Waals surface area contributed by atoms with Crippen LogP contribution >= 0.6 is 31.9 Å². The summed E-state index contributed by atoms with van der Waals surface area (Å²) in [6.45, 7) is 0. The number of hydroxylamine groups is 1. The first-order chi connectivity index (χ1) is 4.72. The van der Waals surface area contributed by atoms with Crippen LogP contribution in [0.4, 0.5) is 0 Å². The Labute approximate surface area is 76.7 Å². The van der Waals surface area contributed by atoms with E-state index in [0.29, 0.717) is 0 Å². The summed E-state index contributed by atoms with van der Waals surface area (Å²) in [7, 11) is 1.41. The molecule has 3 nitrogen and oxygen atoms in total. The molecule has 0 rings (SSSR count). The van der Waals surface area contributed by atoms with Crippen molar-refractivity contribution in [2.45, 2.75) is 11.2 Å². The fraction of sp³-hybridized carbons (Fsp3) is 0.800. The van der Waals surface area contributed by atoms with Crippen molar-refractivity contribution >= 4 is 37.8 Å². The fourth-order valence-electron chi connectivity index (χ4n) is 0.391. The van der Waals surface area contributed by atoms with Crippen LogP contribution in [0.1, 0.15) is 6.42 Å². The summed E-state index contributed by atoms with van der Waals surface area (Å²) in [5, 5.41) is 0.792. The lowest BCUT2D eigenvalue weighted by Crippen LogP contribution is -2.30. The molecule has 0 saturated heterocycles. The maximum atomic E-state index is 10.8. The molecule has 0 aromatic heterocycles. The number of nitrogens with one attached hydrogen (secondary N) is 1. The van der Waals surface area contributed by atoms with Crippen molar-refractivity contribution in [3.05, 3.63) is 0 Å². The lowest BCUT2D eigenvalue weighted by Gasteiger charge is -2.05. The number of halogens is 2. The lowest BCUT2D eigenvalue weighted by atomic mass is 10.3. The van der Waals surface area contributed by atoms with Gasteiger partial charge in [-0.3, -0.25) is 9.63 Å². The number of alkyl halides is 2. The maximum Gasteiger partial charge on any atom is 0.257 e. The van der Waals surface area contributed by atoms with E-state index in [2.05, 4.69) is 42.2 Å². The maximum absolute atomic E-state index is 10.8. The summed E-state index contributed by atoms with van der Waals surface area (Å²) in [4.78, 5) is 15.1. The number of hydrogen-bond donors (Lipinski definition) is 1. The fourth-order valence-corrected chi connectivity index (χ4v) is 1.79. The molecule has 0 aliphatic rings. The summed E-state index contributed by atoms with van der Waals surface area (Å²) in [6.07, 6.45) is 0.745. The van der Waals surface area contributed by atoms with Gasteiger partial charge in [-0.2, -0.15) is 0 Å². The Morgan fingerprint density at radius 1 is 1.80 bits per heavy atom. The highest BCUT2D eigenvalue weighted by molar-refractivity contribution is 9.10. The first kappa shape index (κ1) is 10.4. The molecule has 0 heterocycles. The van der Waals surface area contributed by atoms with Crippen molar-refractivity contribution < 1.29 is 9.63 Å². The summed E-state index contributed by atoms with van der Waals surface area (Å²) in [5.74, 6) is -0.151. The van der Waals surface area contributed by atoms with Crippen LogP contribution in [0, 0.1) is 0 Å². The second-order valence-electron chi connectivity index (χ2n) is 1.62.